The van der Waals surface area contributed by atoms with Crippen LogP contribution in [0.25, 0.3) is 0 Å². The fourth-order valence-electron chi connectivity index (χ4n) is 2.95. The highest BCUT2D eigenvalue weighted by atomic mass is 16.5. The molecule has 3 N–H and O–H groups in total. The van der Waals surface area contributed by atoms with E-state index in [1.165, 1.54) is 0 Å². The van der Waals surface area contributed by atoms with Crippen LogP contribution in [0.1, 0.15) is 22.5 Å². The Bertz CT molecular complexity index is 947. The summed E-state index contributed by atoms with van der Waals surface area (Å²) >= 11 is 0. The van der Waals surface area contributed by atoms with Crippen LogP contribution in [0.15, 0.2) is 79.0 Å². The molecular formula is C23H23N3O4. The molecule has 3 rings (SSSR count). The van der Waals surface area contributed by atoms with Gasteiger partial charge in [0.05, 0.1) is 0 Å². The number of para-hydroxylation sites is 1. The van der Waals surface area contributed by atoms with Crippen LogP contribution in [-0.4, -0.2) is 28.6 Å². The molecule has 0 aliphatic rings. The van der Waals surface area contributed by atoms with Crippen molar-refractivity contribution in [3.63, 3.8) is 0 Å². The number of carbonyl (C=O) groups is 2. The standard InChI is InChI=1S/C23H23N3O4/c27-22(17-9-11-21(12-10-17)30-20-7-2-1-3-8-20)25-15-13-18(23(28)26-29)16-19-6-4-5-14-24-19/h1-12,14,18,29H,13,15-16H2,(H,25,27)(H,26,28). The van der Waals surface area contributed by atoms with Crippen molar-refractivity contribution < 1.29 is 19.5 Å². The Kier molecular flexibility index (Phi) is 7.51. The number of hydrogen-bond acceptors (Lipinski definition) is 5. The van der Waals surface area contributed by atoms with Gasteiger partial charge >= 0.3 is 0 Å². The normalized spacial score (nSPS) is 11.4. The number of amides is 2. The number of hydroxylamine groups is 1. The van der Waals surface area contributed by atoms with Gasteiger partial charge in [-0.05, 0) is 55.0 Å². The quantitative estimate of drug-likeness (QED) is 0.374. The second kappa shape index (κ2) is 10.7. The van der Waals surface area contributed by atoms with E-state index < -0.39 is 11.8 Å². The van der Waals surface area contributed by atoms with Gasteiger partial charge in [-0.3, -0.25) is 19.8 Å². The van der Waals surface area contributed by atoms with E-state index in [2.05, 4.69) is 10.3 Å². The molecule has 0 bridgehead atoms. The lowest BCUT2D eigenvalue weighted by Gasteiger charge is -2.15. The lowest BCUT2D eigenvalue weighted by atomic mass is 9.98. The van der Waals surface area contributed by atoms with E-state index in [1.807, 2.05) is 42.5 Å². The van der Waals surface area contributed by atoms with E-state index in [-0.39, 0.29) is 12.5 Å². The van der Waals surface area contributed by atoms with Crippen molar-refractivity contribution in [2.45, 2.75) is 12.8 Å². The minimum Gasteiger partial charge on any atom is -0.457 e. The minimum absolute atomic E-state index is 0.248. The summed E-state index contributed by atoms with van der Waals surface area (Å²) in [6, 6.07) is 21.6. The largest absolute Gasteiger partial charge is 0.457 e. The lowest BCUT2D eigenvalue weighted by molar-refractivity contribution is -0.133. The first kappa shape index (κ1) is 21.0. The van der Waals surface area contributed by atoms with Crippen molar-refractivity contribution in [2.75, 3.05) is 6.54 Å². The Morgan fingerprint density at radius 1 is 0.933 bits per heavy atom. The third kappa shape index (κ3) is 6.15. The molecule has 1 atom stereocenters. The van der Waals surface area contributed by atoms with Crippen LogP contribution < -0.4 is 15.5 Å². The molecule has 7 heteroatoms. The molecule has 7 nitrogen and oxygen atoms in total. The fraction of sp³-hybridized carbons (Fsp3) is 0.174. The summed E-state index contributed by atoms with van der Waals surface area (Å²) in [7, 11) is 0. The van der Waals surface area contributed by atoms with E-state index in [1.54, 1.807) is 42.0 Å². The van der Waals surface area contributed by atoms with Gasteiger partial charge in [0.2, 0.25) is 5.91 Å². The number of nitrogens with one attached hydrogen (secondary N) is 2. The highest BCUT2D eigenvalue weighted by Gasteiger charge is 2.19. The number of hydrogen-bond donors (Lipinski definition) is 3. The summed E-state index contributed by atoms with van der Waals surface area (Å²) in [4.78, 5) is 28.5. The Hall–Kier alpha value is -3.71. The average Bonchev–Trinajstić information content (AvgIpc) is 2.79. The van der Waals surface area contributed by atoms with Gasteiger partial charge in [-0.25, -0.2) is 5.48 Å². The molecule has 1 heterocycles. The summed E-state index contributed by atoms with van der Waals surface area (Å²) in [5.41, 5.74) is 2.92. The molecule has 1 aromatic heterocycles. The van der Waals surface area contributed by atoms with Crippen molar-refractivity contribution in [1.29, 1.82) is 0 Å². The highest BCUT2D eigenvalue weighted by molar-refractivity contribution is 5.94. The topological polar surface area (TPSA) is 101 Å². The molecule has 0 saturated carbocycles. The van der Waals surface area contributed by atoms with Crippen molar-refractivity contribution >= 4 is 11.8 Å². The Labute approximate surface area is 174 Å². The van der Waals surface area contributed by atoms with Crippen LogP contribution in [0.5, 0.6) is 11.5 Å². The van der Waals surface area contributed by atoms with Gasteiger partial charge in [0.1, 0.15) is 11.5 Å². The first-order valence-corrected chi connectivity index (χ1v) is 9.60. The molecule has 154 valence electrons. The van der Waals surface area contributed by atoms with Crippen LogP contribution in [0, 0.1) is 5.92 Å². The average molecular weight is 405 g/mol. The molecule has 0 spiro atoms. The summed E-state index contributed by atoms with van der Waals surface area (Å²) < 4.78 is 5.72. The highest BCUT2D eigenvalue weighted by Crippen LogP contribution is 2.21. The molecule has 3 aromatic rings. The number of pyridine rings is 1. The molecule has 30 heavy (non-hydrogen) atoms. The summed E-state index contributed by atoms with van der Waals surface area (Å²) in [5, 5.41) is 11.8. The van der Waals surface area contributed by atoms with Gasteiger partial charge in [0.25, 0.3) is 5.91 Å². The zero-order valence-electron chi connectivity index (χ0n) is 16.3. The van der Waals surface area contributed by atoms with E-state index in [0.29, 0.717) is 24.2 Å². The Morgan fingerprint density at radius 3 is 2.30 bits per heavy atom. The Balaban J connectivity index is 1.51. The van der Waals surface area contributed by atoms with Gasteiger partial charge in [-0.2, -0.15) is 0 Å². The van der Waals surface area contributed by atoms with Crippen LogP contribution in [0.4, 0.5) is 0 Å². The maximum atomic E-state index is 12.4. The third-order valence-corrected chi connectivity index (χ3v) is 4.54. The number of aromatic nitrogens is 1. The molecule has 0 saturated heterocycles. The Morgan fingerprint density at radius 2 is 1.63 bits per heavy atom. The molecule has 0 aliphatic carbocycles. The number of benzene rings is 2. The summed E-state index contributed by atoms with van der Waals surface area (Å²) in [6.45, 7) is 0.284. The van der Waals surface area contributed by atoms with Crippen molar-refractivity contribution in [1.82, 2.24) is 15.8 Å². The number of carbonyl (C=O) groups excluding carboxylic acids is 2. The zero-order valence-corrected chi connectivity index (χ0v) is 16.3. The number of nitrogens with zero attached hydrogens (tertiary/aromatic N) is 1. The molecule has 2 amide bonds. The molecule has 2 aromatic carbocycles. The van der Waals surface area contributed by atoms with Crippen molar-refractivity contribution in [3.05, 3.63) is 90.3 Å². The first-order valence-electron chi connectivity index (χ1n) is 9.60. The number of rotatable bonds is 9. The van der Waals surface area contributed by atoms with Crippen LogP contribution in [0.2, 0.25) is 0 Å². The van der Waals surface area contributed by atoms with Crippen molar-refractivity contribution in [3.8, 4) is 11.5 Å². The van der Waals surface area contributed by atoms with Gasteiger partial charge in [0.15, 0.2) is 0 Å². The van der Waals surface area contributed by atoms with Crippen molar-refractivity contribution in [2.24, 2.45) is 5.92 Å². The van der Waals surface area contributed by atoms with Gasteiger partial charge in [-0.15, -0.1) is 0 Å². The van der Waals surface area contributed by atoms with E-state index >= 15 is 0 Å². The van der Waals surface area contributed by atoms with E-state index in [0.717, 1.165) is 11.4 Å². The second-order valence-electron chi connectivity index (χ2n) is 6.68. The fourth-order valence-corrected chi connectivity index (χ4v) is 2.95. The molecular weight excluding hydrogens is 382 g/mol. The van der Waals surface area contributed by atoms with E-state index in [4.69, 9.17) is 9.94 Å². The predicted octanol–water partition coefficient (Wildman–Crippen LogP) is 3.36. The summed E-state index contributed by atoms with van der Waals surface area (Å²) in [6.07, 6.45) is 2.38. The van der Waals surface area contributed by atoms with Gasteiger partial charge in [0, 0.05) is 36.3 Å². The summed E-state index contributed by atoms with van der Waals surface area (Å²) in [5.74, 6) is 0.0926. The van der Waals surface area contributed by atoms with Crippen LogP contribution in [-0.2, 0) is 11.2 Å². The number of ether oxygens (including phenoxy) is 1. The second-order valence-corrected chi connectivity index (χ2v) is 6.68. The SMILES string of the molecule is O=C(NCCC(Cc1ccccn1)C(=O)NO)c1ccc(Oc2ccccc2)cc1. The third-order valence-electron chi connectivity index (χ3n) is 4.54. The van der Waals surface area contributed by atoms with Gasteiger partial charge < -0.3 is 10.1 Å². The zero-order chi connectivity index (χ0) is 21.2. The predicted molar refractivity (Wildman–Crippen MR) is 111 cm³/mol. The van der Waals surface area contributed by atoms with E-state index in [9.17, 15) is 9.59 Å². The maximum Gasteiger partial charge on any atom is 0.251 e. The molecule has 0 radical (unpaired) electrons. The maximum absolute atomic E-state index is 12.4. The molecule has 0 fully saturated rings. The molecule has 0 aliphatic heterocycles. The monoisotopic (exact) mass is 405 g/mol. The van der Waals surface area contributed by atoms with Gasteiger partial charge in [-0.1, -0.05) is 24.3 Å². The van der Waals surface area contributed by atoms with Crippen LogP contribution in [0.3, 0.4) is 0 Å². The minimum atomic E-state index is -0.508. The first-order chi connectivity index (χ1) is 14.7. The molecule has 1 unspecified atom stereocenters. The lowest BCUT2D eigenvalue weighted by Crippen LogP contribution is -2.33. The smallest absolute Gasteiger partial charge is 0.251 e. The van der Waals surface area contributed by atoms with Crippen LogP contribution >= 0.6 is 0 Å².